The van der Waals surface area contributed by atoms with E-state index in [-0.39, 0.29) is 0 Å². The van der Waals surface area contributed by atoms with Gasteiger partial charge in [-0.3, -0.25) is 0 Å². The van der Waals surface area contributed by atoms with E-state index in [2.05, 4.69) is 41.6 Å². The number of aryl methyl sites for hydroxylation is 1. The fourth-order valence-electron chi connectivity index (χ4n) is 1.66. The number of benzene rings is 1. The Morgan fingerprint density at radius 3 is 2.50 bits per heavy atom. The normalized spacial score (nSPS) is 9.94. The lowest BCUT2D eigenvalue weighted by atomic mass is 10.1. The molecule has 0 amide bonds. The molecule has 0 saturated carbocycles. The van der Waals surface area contributed by atoms with Crippen LogP contribution >= 0.6 is 0 Å². The molecule has 1 nitrogen and oxygen atoms in total. The third kappa shape index (κ3) is 6.27. The molecule has 0 heterocycles. The number of nitrogens with one attached hydrogen (secondary N) is 1. The largest absolute Gasteiger partial charge is 0.317 e. The van der Waals surface area contributed by atoms with Crippen molar-refractivity contribution in [1.82, 2.24) is 5.32 Å². The number of rotatable bonds is 8. The molecule has 1 heteroatoms. The monoisotopic (exact) mass is 215 g/mol. The second-order valence-electron chi connectivity index (χ2n) is 4.00. The first-order chi connectivity index (χ1) is 7.93. The molecule has 0 fully saturated rings. The van der Waals surface area contributed by atoms with Crippen molar-refractivity contribution in [2.45, 2.75) is 32.1 Å². The first kappa shape index (κ1) is 12.8. The van der Waals surface area contributed by atoms with Gasteiger partial charge >= 0.3 is 0 Å². The molecule has 0 radical (unpaired) electrons. The lowest BCUT2D eigenvalue weighted by molar-refractivity contribution is 0.608. The van der Waals surface area contributed by atoms with E-state index >= 15 is 0 Å². The Labute approximate surface area is 99.3 Å². The maximum Gasteiger partial charge on any atom is 0.00981 e. The van der Waals surface area contributed by atoms with Crippen molar-refractivity contribution in [3.8, 4) is 12.3 Å². The molecule has 0 spiro atoms. The van der Waals surface area contributed by atoms with Crippen LogP contribution in [0.1, 0.15) is 31.2 Å². The molecule has 0 saturated heterocycles. The van der Waals surface area contributed by atoms with Crippen LogP contribution in [0.15, 0.2) is 30.3 Å². The minimum Gasteiger partial charge on any atom is -0.317 e. The van der Waals surface area contributed by atoms with Gasteiger partial charge in [-0.2, -0.15) is 0 Å². The smallest absolute Gasteiger partial charge is 0.00981 e. The summed E-state index contributed by atoms with van der Waals surface area (Å²) in [4.78, 5) is 0. The molecule has 0 atom stereocenters. The highest BCUT2D eigenvalue weighted by molar-refractivity contribution is 5.14. The van der Waals surface area contributed by atoms with Crippen LogP contribution in [0.2, 0.25) is 0 Å². The van der Waals surface area contributed by atoms with Crippen LogP contribution in [0.3, 0.4) is 0 Å². The van der Waals surface area contributed by atoms with E-state index in [1.807, 2.05) is 0 Å². The molecule has 0 aliphatic carbocycles. The maximum atomic E-state index is 5.18. The Bertz CT molecular complexity index is 297. The van der Waals surface area contributed by atoms with Gasteiger partial charge in [-0.05, 0) is 44.3 Å². The van der Waals surface area contributed by atoms with Gasteiger partial charge in [0.2, 0.25) is 0 Å². The number of unbranched alkanes of at least 4 members (excludes halogenated alkanes) is 2. The summed E-state index contributed by atoms with van der Waals surface area (Å²) in [5.74, 6) is 2.65. The van der Waals surface area contributed by atoms with E-state index in [0.717, 1.165) is 25.9 Å². The van der Waals surface area contributed by atoms with E-state index in [0.29, 0.717) is 0 Å². The first-order valence-corrected chi connectivity index (χ1v) is 6.11. The van der Waals surface area contributed by atoms with Gasteiger partial charge < -0.3 is 5.32 Å². The minimum absolute atomic E-state index is 0.886. The van der Waals surface area contributed by atoms with Crippen molar-refractivity contribution in [3.05, 3.63) is 35.9 Å². The minimum atomic E-state index is 0.886. The standard InChI is InChI=1S/C15H21N/c1-2-3-8-13-16-14-9-7-12-15-10-5-4-6-11-15/h1,4-6,10-11,16H,3,7-9,12-14H2. The van der Waals surface area contributed by atoms with Crippen LogP contribution in [-0.2, 0) is 6.42 Å². The zero-order valence-electron chi connectivity index (χ0n) is 9.91. The molecular formula is C15H21N. The summed E-state index contributed by atoms with van der Waals surface area (Å²) in [6.45, 7) is 2.16. The maximum absolute atomic E-state index is 5.18. The summed E-state index contributed by atoms with van der Waals surface area (Å²) in [7, 11) is 0. The first-order valence-electron chi connectivity index (χ1n) is 6.11. The van der Waals surface area contributed by atoms with Gasteiger partial charge in [0, 0.05) is 6.42 Å². The predicted octanol–water partition coefficient (Wildman–Crippen LogP) is 3.01. The molecule has 0 aromatic heterocycles. The van der Waals surface area contributed by atoms with Gasteiger partial charge in [0.25, 0.3) is 0 Å². The third-order valence-electron chi connectivity index (χ3n) is 2.59. The van der Waals surface area contributed by atoms with Crippen molar-refractivity contribution >= 4 is 0 Å². The highest BCUT2D eigenvalue weighted by Gasteiger charge is 1.92. The van der Waals surface area contributed by atoms with Gasteiger partial charge in [0.05, 0.1) is 0 Å². The topological polar surface area (TPSA) is 12.0 Å². The summed E-state index contributed by atoms with van der Waals surface area (Å²) in [6, 6.07) is 10.7. The van der Waals surface area contributed by atoms with Crippen molar-refractivity contribution in [2.75, 3.05) is 13.1 Å². The number of hydrogen-bond donors (Lipinski definition) is 1. The molecule has 0 aliphatic rings. The van der Waals surface area contributed by atoms with Crippen LogP contribution in [0.4, 0.5) is 0 Å². The molecule has 1 rings (SSSR count). The molecule has 86 valence electrons. The molecule has 1 aromatic carbocycles. The summed E-state index contributed by atoms with van der Waals surface area (Å²) in [5.41, 5.74) is 1.44. The van der Waals surface area contributed by atoms with Gasteiger partial charge in [-0.1, -0.05) is 30.3 Å². The van der Waals surface area contributed by atoms with Gasteiger partial charge in [-0.25, -0.2) is 0 Å². The van der Waals surface area contributed by atoms with Crippen molar-refractivity contribution < 1.29 is 0 Å². The Hall–Kier alpha value is -1.26. The van der Waals surface area contributed by atoms with Crippen LogP contribution in [-0.4, -0.2) is 13.1 Å². The summed E-state index contributed by atoms with van der Waals surface area (Å²) in [6.07, 6.45) is 10.8. The van der Waals surface area contributed by atoms with E-state index in [4.69, 9.17) is 6.42 Å². The van der Waals surface area contributed by atoms with Crippen LogP contribution in [0.25, 0.3) is 0 Å². The second-order valence-corrected chi connectivity index (χ2v) is 4.00. The van der Waals surface area contributed by atoms with Crippen LogP contribution in [0.5, 0.6) is 0 Å². The average Bonchev–Trinajstić information content (AvgIpc) is 2.34. The van der Waals surface area contributed by atoms with E-state index in [1.54, 1.807) is 0 Å². The second kappa shape index (κ2) is 9.00. The Morgan fingerprint density at radius 2 is 1.75 bits per heavy atom. The van der Waals surface area contributed by atoms with Gasteiger partial charge in [-0.15, -0.1) is 12.3 Å². The van der Waals surface area contributed by atoms with Crippen LogP contribution < -0.4 is 5.32 Å². The molecule has 0 aliphatic heterocycles. The average molecular weight is 215 g/mol. The fourth-order valence-corrected chi connectivity index (χ4v) is 1.66. The molecule has 0 bridgehead atoms. The zero-order chi connectivity index (χ0) is 11.5. The van der Waals surface area contributed by atoms with Crippen molar-refractivity contribution in [2.24, 2.45) is 0 Å². The molecule has 1 aromatic rings. The number of hydrogen-bond acceptors (Lipinski definition) is 1. The lowest BCUT2D eigenvalue weighted by Gasteiger charge is -2.03. The van der Waals surface area contributed by atoms with E-state index < -0.39 is 0 Å². The Morgan fingerprint density at radius 1 is 1.00 bits per heavy atom. The SMILES string of the molecule is C#CCCCNCCCCc1ccccc1. The molecule has 0 unspecified atom stereocenters. The Kier molecular flexibility index (Phi) is 7.21. The van der Waals surface area contributed by atoms with Gasteiger partial charge in [0.15, 0.2) is 0 Å². The summed E-state index contributed by atoms with van der Waals surface area (Å²) >= 11 is 0. The quantitative estimate of drug-likeness (QED) is 0.519. The highest BCUT2D eigenvalue weighted by atomic mass is 14.8. The van der Waals surface area contributed by atoms with E-state index in [1.165, 1.54) is 24.8 Å². The van der Waals surface area contributed by atoms with Crippen LogP contribution in [0, 0.1) is 12.3 Å². The number of terminal acetylenes is 1. The highest BCUT2D eigenvalue weighted by Crippen LogP contribution is 2.03. The summed E-state index contributed by atoms with van der Waals surface area (Å²) in [5, 5.41) is 3.41. The molecular weight excluding hydrogens is 194 g/mol. The third-order valence-corrected chi connectivity index (χ3v) is 2.59. The van der Waals surface area contributed by atoms with Crippen molar-refractivity contribution in [1.29, 1.82) is 0 Å². The molecule has 1 N–H and O–H groups in total. The zero-order valence-corrected chi connectivity index (χ0v) is 9.91. The predicted molar refractivity (Wildman–Crippen MR) is 70.3 cm³/mol. The summed E-state index contributed by atoms with van der Waals surface area (Å²) < 4.78 is 0. The van der Waals surface area contributed by atoms with Crippen molar-refractivity contribution in [3.63, 3.8) is 0 Å². The van der Waals surface area contributed by atoms with Gasteiger partial charge in [0.1, 0.15) is 0 Å². The Balaban J connectivity index is 1.91. The molecule has 16 heavy (non-hydrogen) atoms. The fraction of sp³-hybridized carbons (Fsp3) is 0.467. The van der Waals surface area contributed by atoms with E-state index in [9.17, 15) is 0 Å². The lowest BCUT2D eigenvalue weighted by Crippen LogP contribution is -2.16.